The van der Waals surface area contributed by atoms with Gasteiger partial charge in [-0.25, -0.2) is 0 Å². The van der Waals surface area contributed by atoms with Crippen LogP contribution in [0, 0.1) is 0 Å². The Labute approximate surface area is 92.0 Å². The maximum atomic E-state index is 5.59. The summed E-state index contributed by atoms with van der Waals surface area (Å²) >= 11 is 0. The van der Waals surface area contributed by atoms with E-state index in [0.717, 1.165) is 5.75 Å². The van der Waals surface area contributed by atoms with Gasteiger partial charge in [0.2, 0.25) is 0 Å². The Balaban J connectivity index is 2.67. The predicted octanol–water partition coefficient (Wildman–Crippen LogP) is 2.92. The normalized spacial score (nSPS) is 14.3. The first-order valence-electron chi connectivity index (χ1n) is 5.23. The topological polar surface area (TPSA) is 21.3 Å². The lowest BCUT2D eigenvalue weighted by Crippen LogP contribution is -2.12. The quantitative estimate of drug-likeness (QED) is 0.746. The van der Waals surface area contributed by atoms with Crippen molar-refractivity contribution in [3.63, 3.8) is 0 Å². The maximum absolute atomic E-state index is 5.59. The van der Waals surface area contributed by atoms with Gasteiger partial charge in [0, 0.05) is 6.04 Å². The summed E-state index contributed by atoms with van der Waals surface area (Å²) in [6.45, 7) is 7.78. The molecule has 0 aliphatic heterocycles. The highest BCUT2D eigenvalue weighted by Crippen LogP contribution is 2.18. The molecule has 0 saturated heterocycles. The molecular weight excluding hydrogens is 186 g/mol. The van der Waals surface area contributed by atoms with E-state index in [9.17, 15) is 0 Å². The van der Waals surface area contributed by atoms with Crippen LogP contribution >= 0.6 is 0 Å². The predicted molar refractivity (Wildman–Crippen MR) is 64.2 cm³/mol. The van der Waals surface area contributed by atoms with E-state index in [-0.39, 0.29) is 6.10 Å². The molecular formula is C13H19NO. The van der Waals surface area contributed by atoms with Crippen LogP contribution in [-0.4, -0.2) is 13.2 Å². The van der Waals surface area contributed by atoms with E-state index >= 15 is 0 Å². The monoisotopic (exact) mass is 205 g/mol. The third-order valence-electron chi connectivity index (χ3n) is 2.47. The molecule has 0 spiro atoms. The zero-order chi connectivity index (χ0) is 11.3. The molecule has 2 unspecified atom stereocenters. The minimum absolute atomic E-state index is 0.0533. The second kappa shape index (κ2) is 5.56. The second-order valence-corrected chi connectivity index (χ2v) is 3.64. The Morgan fingerprint density at radius 3 is 2.33 bits per heavy atom. The highest BCUT2D eigenvalue weighted by Gasteiger charge is 2.03. The minimum Gasteiger partial charge on any atom is -0.487 e. The van der Waals surface area contributed by atoms with Gasteiger partial charge < -0.3 is 10.1 Å². The van der Waals surface area contributed by atoms with Crippen LogP contribution in [0.2, 0.25) is 0 Å². The van der Waals surface area contributed by atoms with E-state index in [2.05, 4.69) is 31.0 Å². The Hall–Kier alpha value is -1.28. The van der Waals surface area contributed by atoms with Gasteiger partial charge in [-0.3, -0.25) is 0 Å². The summed E-state index contributed by atoms with van der Waals surface area (Å²) in [4.78, 5) is 0. The fourth-order valence-electron chi connectivity index (χ4n) is 1.26. The molecule has 2 atom stereocenters. The number of nitrogens with one attached hydrogen (secondary N) is 1. The van der Waals surface area contributed by atoms with Crippen LogP contribution in [0.25, 0.3) is 0 Å². The van der Waals surface area contributed by atoms with Gasteiger partial charge in [-0.2, -0.15) is 0 Å². The standard InChI is InChI=1S/C13H19NO/c1-5-10(2)15-13-8-6-12(7-9-13)11(3)14-4/h5-11,14H,1H2,2-4H3. The molecule has 1 aromatic rings. The lowest BCUT2D eigenvalue weighted by Gasteiger charge is -2.13. The fraction of sp³-hybridized carbons (Fsp3) is 0.385. The molecule has 0 aliphatic carbocycles. The molecule has 0 radical (unpaired) electrons. The molecule has 2 nitrogen and oxygen atoms in total. The van der Waals surface area contributed by atoms with E-state index in [0.29, 0.717) is 6.04 Å². The van der Waals surface area contributed by atoms with E-state index in [1.807, 2.05) is 26.1 Å². The fourth-order valence-corrected chi connectivity index (χ4v) is 1.26. The number of benzene rings is 1. The molecule has 2 heteroatoms. The van der Waals surface area contributed by atoms with Crippen molar-refractivity contribution >= 4 is 0 Å². The summed E-state index contributed by atoms with van der Waals surface area (Å²) in [6.07, 6.45) is 1.84. The lowest BCUT2D eigenvalue weighted by atomic mass is 10.1. The maximum Gasteiger partial charge on any atom is 0.120 e. The van der Waals surface area contributed by atoms with Crippen molar-refractivity contribution in [1.82, 2.24) is 5.32 Å². The molecule has 1 aromatic carbocycles. The third-order valence-corrected chi connectivity index (χ3v) is 2.47. The molecule has 0 bridgehead atoms. The van der Waals surface area contributed by atoms with Crippen molar-refractivity contribution in [2.75, 3.05) is 7.05 Å². The van der Waals surface area contributed by atoms with E-state index in [4.69, 9.17) is 4.74 Å². The Kier molecular flexibility index (Phi) is 4.37. The van der Waals surface area contributed by atoms with Crippen LogP contribution in [0.5, 0.6) is 5.75 Å². The first-order chi connectivity index (χ1) is 7.17. The molecule has 1 rings (SSSR count). The van der Waals surface area contributed by atoms with Crippen LogP contribution < -0.4 is 10.1 Å². The summed E-state index contributed by atoms with van der Waals surface area (Å²) in [5.74, 6) is 0.884. The summed E-state index contributed by atoms with van der Waals surface area (Å²) in [5, 5.41) is 3.20. The van der Waals surface area contributed by atoms with Crippen molar-refractivity contribution in [3.05, 3.63) is 42.5 Å². The summed E-state index contributed by atoms with van der Waals surface area (Å²) < 4.78 is 5.59. The van der Waals surface area contributed by atoms with E-state index < -0.39 is 0 Å². The molecule has 82 valence electrons. The van der Waals surface area contributed by atoms with Crippen molar-refractivity contribution in [1.29, 1.82) is 0 Å². The van der Waals surface area contributed by atoms with Crippen molar-refractivity contribution in [3.8, 4) is 5.75 Å². The molecule has 0 aromatic heterocycles. The highest BCUT2D eigenvalue weighted by atomic mass is 16.5. The van der Waals surface area contributed by atoms with Gasteiger partial charge in [-0.15, -0.1) is 0 Å². The summed E-state index contributed by atoms with van der Waals surface area (Å²) in [5.41, 5.74) is 1.26. The smallest absolute Gasteiger partial charge is 0.120 e. The Morgan fingerprint density at radius 2 is 1.87 bits per heavy atom. The number of hydrogen-bond acceptors (Lipinski definition) is 2. The van der Waals surface area contributed by atoms with Crippen LogP contribution in [-0.2, 0) is 0 Å². The molecule has 0 amide bonds. The highest BCUT2D eigenvalue weighted by molar-refractivity contribution is 5.29. The summed E-state index contributed by atoms with van der Waals surface area (Å²) in [7, 11) is 1.95. The van der Waals surface area contributed by atoms with Crippen molar-refractivity contribution < 1.29 is 4.74 Å². The SMILES string of the molecule is C=CC(C)Oc1ccc(C(C)NC)cc1. The van der Waals surface area contributed by atoms with Crippen LogP contribution in [0.1, 0.15) is 25.5 Å². The first kappa shape index (κ1) is 11.8. The van der Waals surface area contributed by atoms with Gasteiger partial charge in [0.05, 0.1) is 0 Å². The van der Waals surface area contributed by atoms with E-state index in [1.54, 1.807) is 6.08 Å². The second-order valence-electron chi connectivity index (χ2n) is 3.64. The van der Waals surface area contributed by atoms with Crippen molar-refractivity contribution in [2.45, 2.75) is 26.0 Å². The molecule has 0 heterocycles. The van der Waals surface area contributed by atoms with Gasteiger partial charge >= 0.3 is 0 Å². The molecule has 0 fully saturated rings. The molecule has 1 N–H and O–H groups in total. The van der Waals surface area contributed by atoms with Crippen molar-refractivity contribution in [2.24, 2.45) is 0 Å². The third kappa shape index (κ3) is 3.40. The largest absolute Gasteiger partial charge is 0.487 e. The number of rotatable bonds is 5. The van der Waals surface area contributed by atoms with Gasteiger partial charge in [-0.1, -0.05) is 24.8 Å². The van der Waals surface area contributed by atoms with Gasteiger partial charge in [-0.05, 0) is 38.6 Å². The first-order valence-corrected chi connectivity index (χ1v) is 5.23. The molecule has 15 heavy (non-hydrogen) atoms. The van der Waals surface area contributed by atoms with Crippen LogP contribution in [0.15, 0.2) is 36.9 Å². The van der Waals surface area contributed by atoms with E-state index in [1.165, 1.54) is 5.56 Å². The van der Waals surface area contributed by atoms with Crippen LogP contribution in [0.4, 0.5) is 0 Å². The lowest BCUT2D eigenvalue weighted by molar-refractivity contribution is 0.270. The molecule has 0 saturated carbocycles. The zero-order valence-corrected chi connectivity index (χ0v) is 9.66. The molecule has 0 aliphatic rings. The zero-order valence-electron chi connectivity index (χ0n) is 9.66. The van der Waals surface area contributed by atoms with Gasteiger partial charge in [0.1, 0.15) is 11.9 Å². The Bertz CT molecular complexity index is 305. The number of ether oxygens (including phenoxy) is 1. The summed E-state index contributed by atoms with van der Waals surface area (Å²) in [6, 6.07) is 8.50. The average Bonchev–Trinajstić information content (AvgIpc) is 2.29. The average molecular weight is 205 g/mol. The Morgan fingerprint density at radius 1 is 1.27 bits per heavy atom. The van der Waals surface area contributed by atoms with Gasteiger partial charge in [0.15, 0.2) is 0 Å². The van der Waals surface area contributed by atoms with Crippen LogP contribution in [0.3, 0.4) is 0 Å². The van der Waals surface area contributed by atoms with Gasteiger partial charge in [0.25, 0.3) is 0 Å². The number of hydrogen-bond donors (Lipinski definition) is 1. The minimum atomic E-state index is 0.0533.